The van der Waals surface area contributed by atoms with E-state index < -0.39 is 0 Å². The van der Waals surface area contributed by atoms with Crippen molar-refractivity contribution < 1.29 is 0 Å². The average Bonchev–Trinajstić information content (AvgIpc) is 2.54. The van der Waals surface area contributed by atoms with Crippen molar-refractivity contribution in [3.63, 3.8) is 0 Å². The van der Waals surface area contributed by atoms with Crippen LogP contribution in [0.4, 0.5) is 0 Å². The fraction of sp³-hybridized carbons (Fsp3) is 0.476. The lowest BCUT2D eigenvalue weighted by atomic mass is 9.52. The summed E-state index contributed by atoms with van der Waals surface area (Å²) in [5.41, 5.74) is 2.98. The topological polar surface area (TPSA) is 12.9 Å². The minimum atomic E-state index is 0.0746. The predicted molar refractivity (Wildman–Crippen MR) is 95.1 cm³/mol. The number of nitrogens with zero attached hydrogens (tertiary/aromatic N) is 1. The molecule has 0 saturated carbocycles. The number of benzene rings is 1. The van der Waals surface area contributed by atoms with E-state index in [4.69, 9.17) is 0 Å². The third-order valence-corrected chi connectivity index (χ3v) is 6.16. The third kappa shape index (κ3) is 2.69. The Kier molecular flexibility index (Phi) is 4.75. The lowest BCUT2D eigenvalue weighted by molar-refractivity contribution is 0.0944. The van der Waals surface area contributed by atoms with E-state index in [-0.39, 0.29) is 10.8 Å². The molecule has 118 valence electrons. The lowest BCUT2D eigenvalue weighted by Crippen LogP contribution is -2.46. The van der Waals surface area contributed by atoms with E-state index in [1.807, 2.05) is 12.4 Å². The molecule has 0 fully saturated rings. The van der Waals surface area contributed by atoms with Gasteiger partial charge in [-0.3, -0.25) is 4.98 Å². The smallest absolute Gasteiger partial charge is 0.0270 e. The second kappa shape index (κ2) is 6.24. The van der Waals surface area contributed by atoms with Gasteiger partial charge in [0.2, 0.25) is 0 Å². The first-order valence-corrected chi connectivity index (χ1v) is 8.27. The molecule has 0 radical (unpaired) electrons. The molecule has 1 heteroatoms. The van der Waals surface area contributed by atoms with Crippen molar-refractivity contribution in [3.05, 3.63) is 66.0 Å². The number of rotatable bonds is 5. The van der Waals surface area contributed by atoms with E-state index in [1.165, 1.54) is 11.1 Å². The van der Waals surface area contributed by atoms with Crippen molar-refractivity contribution in [2.45, 2.75) is 52.9 Å². The Morgan fingerprint density at radius 1 is 0.818 bits per heavy atom. The molecule has 1 heterocycles. The summed E-state index contributed by atoms with van der Waals surface area (Å²) < 4.78 is 0. The molecule has 1 aromatic heterocycles. The Morgan fingerprint density at radius 2 is 1.36 bits per heavy atom. The van der Waals surface area contributed by atoms with Crippen molar-refractivity contribution in [1.82, 2.24) is 4.98 Å². The summed E-state index contributed by atoms with van der Waals surface area (Å²) in [4.78, 5) is 4.20. The van der Waals surface area contributed by atoms with Gasteiger partial charge in [0.1, 0.15) is 0 Å². The van der Waals surface area contributed by atoms with Crippen molar-refractivity contribution in [1.29, 1.82) is 0 Å². The van der Waals surface area contributed by atoms with E-state index in [0.717, 1.165) is 0 Å². The van der Waals surface area contributed by atoms with Crippen LogP contribution in [0.15, 0.2) is 54.9 Å². The molecule has 2 atom stereocenters. The molecule has 2 aromatic rings. The predicted octanol–water partition coefficient (Wildman–Crippen LogP) is 5.83. The molecule has 0 aliphatic heterocycles. The highest BCUT2D eigenvalue weighted by Gasteiger charge is 2.47. The Bertz CT molecular complexity index is 586. The van der Waals surface area contributed by atoms with Gasteiger partial charge in [-0.25, -0.2) is 0 Å². The standard InChI is InChI=1S/C21H29N/c1-16(2)21(6,19-12-14-22-15-13-19)20(4,5)17(3)18-10-8-7-9-11-18/h7-17H,1-6H3. The van der Waals surface area contributed by atoms with Crippen LogP contribution in [-0.4, -0.2) is 4.98 Å². The van der Waals surface area contributed by atoms with Gasteiger partial charge >= 0.3 is 0 Å². The Morgan fingerprint density at radius 3 is 1.86 bits per heavy atom. The molecule has 0 saturated heterocycles. The molecule has 1 nitrogen and oxygen atoms in total. The van der Waals surface area contributed by atoms with Crippen molar-refractivity contribution >= 4 is 0 Å². The molecule has 22 heavy (non-hydrogen) atoms. The quantitative estimate of drug-likeness (QED) is 0.676. The van der Waals surface area contributed by atoms with Crippen LogP contribution < -0.4 is 0 Å². The number of aromatic nitrogens is 1. The molecule has 2 unspecified atom stereocenters. The van der Waals surface area contributed by atoms with Gasteiger partial charge in [-0.1, -0.05) is 71.9 Å². The van der Waals surface area contributed by atoms with Gasteiger partial charge in [0.15, 0.2) is 0 Å². The fourth-order valence-corrected chi connectivity index (χ4v) is 3.76. The maximum atomic E-state index is 4.20. The minimum Gasteiger partial charge on any atom is -0.265 e. The summed E-state index contributed by atoms with van der Waals surface area (Å²) in [5, 5.41) is 0. The monoisotopic (exact) mass is 295 g/mol. The normalized spacial score (nSPS) is 16.3. The van der Waals surface area contributed by atoms with Crippen LogP contribution in [0.25, 0.3) is 0 Å². The highest BCUT2D eigenvalue weighted by molar-refractivity contribution is 5.31. The molecule has 0 aliphatic carbocycles. The van der Waals surface area contributed by atoms with Gasteiger partial charge < -0.3 is 0 Å². The number of hydrogen-bond acceptors (Lipinski definition) is 1. The first-order valence-electron chi connectivity index (χ1n) is 8.27. The van der Waals surface area contributed by atoms with Crippen LogP contribution in [0.1, 0.15) is 58.6 Å². The maximum Gasteiger partial charge on any atom is 0.0270 e. The molecule has 0 bridgehead atoms. The van der Waals surface area contributed by atoms with E-state index in [1.54, 1.807) is 0 Å². The van der Waals surface area contributed by atoms with E-state index in [0.29, 0.717) is 11.8 Å². The second-order valence-electron chi connectivity index (χ2n) is 7.45. The van der Waals surface area contributed by atoms with Crippen LogP contribution >= 0.6 is 0 Å². The van der Waals surface area contributed by atoms with Crippen LogP contribution in [0.2, 0.25) is 0 Å². The van der Waals surface area contributed by atoms with E-state index >= 15 is 0 Å². The lowest BCUT2D eigenvalue weighted by Gasteiger charge is -2.51. The van der Waals surface area contributed by atoms with Gasteiger partial charge in [0.05, 0.1) is 0 Å². The summed E-state index contributed by atoms with van der Waals surface area (Å²) in [6, 6.07) is 15.2. The van der Waals surface area contributed by atoms with E-state index in [2.05, 4.69) is 89.0 Å². The largest absolute Gasteiger partial charge is 0.265 e. The maximum absolute atomic E-state index is 4.20. The van der Waals surface area contributed by atoms with Crippen molar-refractivity contribution in [3.8, 4) is 0 Å². The summed E-state index contributed by atoms with van der Waals surface area (Å²) in [5.74, 6) is 1.00. The summed E-state index contributed by atoms with van der Waals surface area (Å²) >= 11 is 0. The SMILES string of the molecule is CC(c1ccccc1)C(C)(C)C(C)(c1ccncc1)C(C)C. The fourth-order valence-electron chi connectivity index (χ4n) is 3.76. The van der Waals surface area contributed by atoms with Crippen LogP contribution in [0.5, 0.6) is 0 Å². The molecule has 0 spiro atoms. The number of pyridine rings is 1. The van der Waals surface area contributed by atoms with Gasteiger partial charge in [-0.2, -0.15) is 0 Å². The van der Waals surface area contributed by atoms with Gasteiger partial charge in [0, 0.05) is 17.8 Å². The minimum absolute atomic E-state index is 0.0746. The van der Waals surface area contributed by atoms with Crippen LogP contribution in [0.3, 0.4) is 0 Å². The Balaban J connectivity index is 2.51. The Labute approximate surface area is 135 Å². The third-order valence-electron chi connectivity index (χ3n) is 6.16. The molecular weight excluding hydrogens is 266 g/mol. The van der Waals surface area contributed by atoms with Crippen LogP contribution in [0, 0.1) is 11.3 Å². The zero-order chi connectivity index (χ0) is 16.4. The molecule has 0 aliphatic rings. The first kappa shape index (κ1) is 16.7. The van der Waals surface area contributed by atoms with Crippen molar-refractivity contribution in [2.24, 2.45) is 11.3 Å². The van der Waals surface area contributed by atoms with Gasteiger partial charge in [-0.05, 0) is 40.5 Å². The zero-order valence-corrected chi connectivity index (χ0v) is 14.8. The number of hydrogen-bond donors (Lipinski definition) is 0. The van der Waals surface area contributed by atoms with Gasteiger partial charge in [-0.15, -0.1) is 0 Å². The molecule has 0 N–H and O–H groups in total. The van der Waals surface area contributed by atoms with E-state index in [9.17, 15) is 0 Å². The summed E-state index contributed by atoms with van der Waals surface area (Å²) in [7, 11) is 0. The Hall–Kier alpha value is -1.63. The summed E-state index contributed by atoms with van der Waals surface area (Å²) in [6.07, 6.45) is 3.83. The molecule has 2 rings (SSSR count). The molecular formula is C21H29N. The highest BCUT2D eigenvalue weighted by atomic mass is 14.6. The zero-order valence-electron chi connectivity index (χ0n) is 14.8. The average molecular weight is 295 g/mol. The first-order chi connectivity index (χ1) is 10.3. The van der Waals surface area contributed by atoms with Gasteiger partial charge in [0.25, 0.3) is 0 Å². The van der Waals surface area contributed by atoms with Crippen molar-refractivity contribution in [2.75, 3.05) is 0 Å². The second-order valence-corrected chi connectivity index (χ2v) is 7.45. The summed E-state index contributed by atoms with van der Waals surface area (Å²) in [6.45, 7) is 14.2. The van der Waals surface area contributed by atoms with Crippen LogP contribution in [-0.2, 0) is 5.41 Å². The highest BCUT2D eigenvalue weighted by Crippen LogP contribution is 2.53. The molecule has 0 amide bonds. The molecule has 1 aromatic carbocycles.